The van der Waals surface area contributed by atoms with Crippen LogP contribution in [0.5, 0.6) is 5.75 Å². The van der Waals surface area contributed by atoms with Crippen LogP contribution in [0.15, 0.2) is 24.3 Å². The third-order valence-electron chi connectivity index (χ3n) is 5.93. The van der Waals surface area contributed by atoms with Gasteiger partial charge in [0.15, 0.2) is 5.78 Å². The minimum Gasteiger partial charge on any atom is -0.497 e. The molecule has 31 heavy (non-hydrogen) atoms. The van der Waals surface area contributed by atoms with Crippen LogP contribution in [-0.2, 0) is 11.8 Å². The van der Waals surface area contributed by atoms with Gasteiger partial charge in [0.1, 0.15) is 11.4 Å². The second-order valence-corrected chi connectivity index (χ2v) is 7.93. The SMILES string of the molecule is CCOC(=O)c1c(C)c(C(=O)C(C)N(C(=O)c2cccc(OC)c2)C2CC2)c(C)n1C. The van der Waals surface area contributed by atoms with Crippen molar-refractivity contribution in [2.75, 3.05) is 13.7 Å². The first-order chi connectivity index (χ1) is 14.7. The summed E-state index contributed by atoms with van der Waals surface area (Å²) >= 11 is 0. The number of nitrogens with zero attached hydrogens (tertiary/aromatic N) is 2. The Balaban J connectivity index is 1.96. The van der Waals surface area contributed by atoms with Crippen LogP contribution in [0.2, 0.25) is 0 Å². The van der Waals surface area contributed by atoms with Crippen LogP contribution in [0.3, 0.4) is 0 Å². The maximum absolute atomic E-state index is 13.6. The fourth-order valence-electron chi connectivity index (χ4n) is 4.08. The summed E-state index contributed by atoms with van der Waals surface area (Å²) in [5, 5.41) is 0. The number of ketones is 1. The number of Topliss-reactive ketones (excluding diaryl/α,β-unsaturated/α-hetero) is 1. The first kappa shape index (κ1) is 22.6. The zero-order valence-corrected chi connectivity index (χ0v) is 19.0. The number of hydrogen-bond acceptors (Lipinski definition) is 5. The third kappa shape index (κ3) is 4.22. The summed E-state index contributed by atoms with van der Waals surface area (Å²) < 4.78 is 12.1. The van der Waals surface area contributed by atoms with Crippen molar-refractivity contribution in [3.05, 3.63) is 52.3 Å². The van der Waals surface area contributed by atoms with Crippen LogP contribution in [0.4, 0.5) is 0 Å². The number of amides is 1. The molecule has 1 saturated carbocycles. The normalized spacial score (nSPS) is 14.1. The van der Waals surface area contributed by atoms with E-state index in [2.05, 4.69) is 0 Å². The fraction of sp³-hybridized carbons (Fsp3) is 0.458. The molecule has 1 fully saturated rings. The Labute approximate surface area is 182 Å². The summed E-state index contributed by atoms with van der Waals surface area (Å²) in [7, 11) is 3.30. The average molecular weight is 427 g/mol. The van der Waals surface area contributed by atoms with Crippen LogP contribution >= 0.6 is 0 Å². The van der Waals surface area contributed by atoms with Crippen LogP contribution in [0.1, 0.15) is 69.2 Å². The molecule has 1 aromatic carbocycles. The Morgan fingerprint density at radius 2 is 1.90 bits per heavy atom. The summed E-state index contributed by atoms with van der Waals surface area (Å²) in [6.45, 7) is 7.32. The van der Waals surface area contributed by atoms with E-state index < -0.39 is 12.0 Å². The van der Waals surface area contributed by atoms with E-state index in [4.69, 9.17) is 9.47 Å². The van der Waals surface area contributed by atoms with Gasteiger partial charge in [0.05, 0.1) is 19.8 Å². The van der Waals surface area contributed by atoms with Gasteiger partial charge >= 0.3 is 5.97 Å². The monoisotopic (exact) mass is 426 g/mol. The molecule has 0 aliphatic heterocycles. The lowest BCUT2D eigenvalue weighted by Gasteiger charge is -2.29. The van der Waals surface area contributed by atoms with Crippen LogP contribution < -0.4 is 4.74 Å². The first-order valence-corrected chi connectivity index (χ1v) is 10.6. The third-order valence-corrected chi connectivity index (χ3v) is 5.93. The molecular formula is C24H30N2O5. The number of hydrogen-bond donors (Lipinski definition) is 0. The van der Waals surface area contributed by atoms with Gasteiger partial charge in [0, 0.05) is 29.9 Å². The Bertz CT molecular complexity index is 1020. The number of esters is 1. The highest BCUT2D eigenvalue weighted by molar-refractivity contribution is 6.07. The molecule has 1 amide bonds. The van der Waals surface area contributed by atoms with Crippen molar-refractivity contribution in [3.63, 3.8) is 0 Å². The molecule has 1 unspecified atom stereocenters. The van der Waals surface area contributed by atoms with Crippen molar-refractivity contribution in [1.29, 1.82) is 0 Å². The van der Waals surface area contributed by atoms with E-state index in [0.29, 0.717) is 33.8 Å². The first-order valence-electron chi connectivity index (χ1n) is 10.6. The van der Waals surface area contributed by atoms with Gasteiger partial charge in [0.2, 0.25) is 0 Å². The molecule has 0 spiro atoms. The summed E-state index contributed by atoms with van der Waals surface area (Å²) in [6.07, 6.45) is 1.74. The van der Waals surface area contributed by atoms with Crippen LogP contribution in [-0.4, -0.2) is 52.9 Å². The van der Waals surface area contributed by atoms with E-state index in [1.165, 1.54) is 0 Å². The Morgan fingerprint density at radius 3 is 2.48 bits per heavy atom. The largest absolute Gasteiger partial charge is 0.497 e. The molecular weight excluding hydrogens is 396 g/mol. The highest BCUT2D eigenvalue weighted by Gasteiger charge is 2.40. The Morgan fingerprint density at radius 1 is 1.23 bits per heavy atom. The van der Waals surface area contributed by atoms with E-state index in [0.717, 1.165) is 12.8 Å². The van der Waals surface area contributed by atoms with Gasteiger partial charge in [-0.05, 0) is 64.3 Å². The molecule has 1 aromatic heterocycles. The highest BCUT2D eigenvalue weighted by Crippen LogP contribution is 2.33. The van der Waals surface area contributed by atoms with Crippen molar-refractivity contribution >= 4 is 17.7 Å². The second-order valence-electron chi connectivity index (χ2n) is 7.93. The number of carbonyl (C=O) groups excluding carboxylic acids is 3. The predicted molar refractivity (Wildman–Crippen MR) is 117 cm³/mol. The molecule has 1 aliphatic carbocycles. The lowest BCUT2D eigenvalue weighted by molar-refractivity contribution is 0.0513. The van der Waals surface area contributed by atoms with Crippen molar-refractivity contribution in [3.8, 4) is 5.75 Å². The van der Waals surface area contributed by atoms with Crippen molar-refractivity contribution < 1.29 is 23.9 Å². The van der Waals surface area contributed by atoms with Crippen molar-refractivity contribution in [2.45, 2.75) is 52.6 Å². The number of ether oxygens (including phenoxy) is 2. The molecule has 0 bridgehead atoms. The molecule has 2 aromatic rings. The molecule has 7 nitrogen and oxygen atoms in total. The average Bonchev–Trinajstić information content (AvgIpc) is 3.55. The Kier molecular flexibility index (Phi) is 6.53. The smallest absolute Gasteiger partial charge is 0.355 e. The van der Waals surface area contributed by atoms with E-state index in [1.807, 2.05) is 0 Å². The number of benzene rings is 1. The van der Waals surface area contributed by atoms with Crippen molar-refractivity contribution in [1.82, 2.24) is 9.47 Å². The van der Waals surface area contributed by atoms with Gasteiger partial charge in [0.25, 0.3) is 5.91 Å². The van der Waals surface area contributed by atoms with Gasteiger partial charge in [-0.3, -0.25) is 9.59 Å². The molecule has 0 radical (unpaired) electrons. The summed E-state index contributed by atoms with van der Waals surface area (Å²) in [6, 6.07) is 6.33. The van der Waals surface area contributed by atoms with Gasteiger partial charge < -0.3 is 18.9 Å². The van der Waals surface area contributed by atoms with Gasteiger partial charge in [-0.25, -0.2) is 4.79 Å². The maximum Gasteiger partial charge on any atom is 0.355 e. The maximum atomic E-state index is 13.6. The topological polar surface area (TPSA) is 77.8 Å². The zero-order valence-electron chi connectivity index (χ0n) is 19.0. The van der Waals surface area contributed by atoms with Gasteiger partial charge in [-0.1, -0.05) is 6.07 Å². The number of aromatic nitrogens is 1. The van der Waals surface area contributed by atoms with E-state index in [9.17, 15) is 14.4 Å². The van der Waals surface area contributed by atoms with Gasteiger partial charge in [-0.2, -0.15) is 0 Å². The quantitative estimate of drug-likeness (QED) is 0.475. The molecule has 3 rings (SSSR count). The van der Waals surface area contributed by atoms with Gasteiger partial charge in [-0.15, -0.1) is 0 Å². The number of carbonyl (C=O) groups is 3. The summed E-state index contributed by atoms with van der Waals surface area (Å²) in [5.41, 5.74) is 2.59. The highest BCUT2D eigenvalue weighted by atomic mass is 16.5. The van der Waals surface area contributed by atoms with Crippen LogP contribution in [0.25, 0.3) is 0 Å². The minimum absolute atomic E-state index is 0.0338. The van der Waals surface area contributed by atoms with Crippen LogP contribution in [0, 0.1) is 13.8 Å². The molecule has 0 N–H and O–H groups in total. The molecule has 1 heterocycles. The fourth-order valence-corrected chi connectivity index (χ4v) is 4.08. The molecule has 166 valence electrons. The second kappa shape index (κ2) is 8.96. The number of methoxy groups -OCH3 is 1. The lowest BCUT2D eigenvalue weighted by Crippen LogP contribution is -2.45. The van der Waals surface area contributed by atoms with E-state index >= 15 is 0 Å². The summed E-state index contributed by atoms with van der Waals surface area (Å²) in [4.78, 5) is 41.0. The van der Waals surface area contributed by atoms with Crippen molar-refractivity contribution in [2.24, 2.45) is 7.05 Å². The standard InChI is InChI=1S/C24H30N2O5/c1-7-31-24(29)21-14(2)20(15(3)25(21)5)22(27)16(4)26(18-11-12-18)23(28)17-9-8-10-19(13-17)30-6/h8-10,13,16,18H,7,11-12H2,1-6H3. The van der Waals surface area contributed by atoms with E-state index in [1.54, 1.807) is 75.6 Å². The Hall–Kier alpha value is -3.09. The lowest BCUT2D eigenvalue weighted by atomic mass is 9.99. The summed E-state index contributed by atoms with van der Waals surface area (Å²) in [5.74, 6) is -0.235. The predicted octanol–water partition coefficient (Wildman–Crippen LogP) is 3.70. The molecule has 7 heteroatoms. The molecule has 1 aliphatic rings. The molecule has 0 saturated heterocycles. The molecule has 1 atom stereocenters. The number of rotatable bonds is 8. The zero-order chi connectivity index (χ0) is 22.9. The minimum atomic E-state index is -0.666. The van der Waals surface area contributed by atoms with E-state index in [-0.39, 0.29) is 24.3 Å².